The first-order valence-corrected chi connectivity index (χ1v) is 5.83. The van der Waals surface area contributed by atoms with E-state index in [1.165, 1.54) is 6.07 Å². The molecule has 6 heteroatoms. The van der Waals surface area contributed by atoms with Crippen LogP contribution in [0.4, 0.5) is 22.7 Å². The van der Waals surface area contributed by atoms with Gasteiger partial charge in [0.15, 0.2) is 5.75 Å². The SMILES string of the molecule is Nc1cc(N)c(O)c(Nc2ccc(Cl)c(Cl)c2)c1. The maximum atomic E-state index is 9.81. The number of nitrogen functional groups attached to an aromatic ring is 2. The zero-order valence-electron chi connectivity index (χ0n) is 9.24. The highest BCUT2D eigenvalue weighted by Gasteiger charge is 2.07. The molecular formula is C12H11Cl2N3O. The van der Waals surface area contributed by atoms with E-state index >= 15 is 0 Å². The fourth-order valence-corrected chi connectivity index (χ4v) is 1.80. The van der Waals surface area contributed by atoms with Gasteiger partial charge in [-0.25, -0.2) is 0 Å². The van der Waals surface area contributed by atoms with Crippen LogP contribution < -0.4 is 16.8 Å². The summed E-state index contributed by atoms with van der Waals surface area (Å²) < 4.78 is 0. The van der Waals surface area contributed by atoms with Crippen LogP contribution in [0.5, 0.6) is 5.75 Å². The molecule has 0 bridgehead atoms. The van der Waals surface area contributed by atoms with Gasteiger partial charge in [-0.15, -0.1) is 0 Å². The Morgan fingerprint density at radius 3 is 2.39 bits per heavy atom. The van der Waals surface area contributed by atoms with Crippen molar-refractivity contribution in [2.75, 3.05) is 16.8 Å². The van der Waals surface area contributed by atoms with Gasteiger partial charge in [-0.1, -0.05) is 23.2 Å². The van der Waals surface area contributed by atoms with Gasteiger partial charge in [-0.2, -0.15) is 0 Å². The van der Waals surface area contributed by atoms with Crippen LogP contribution in [0.3, 0.4) is 0 Å². The van der Waals surface area contributed by atoms with E-state index in [0.29, 0.717) is 27.1 Å². The van der Waals surface area contributed by atoms with Crippen LogP contribution in [0.15, 0.2) is 30.3 Å². The maximum absolute atomic E-state index is 9.81. The third-order valence-electron chi connectivity index (χ3n) is 2.36. The molecule has 0 amide bonds. The smallest absolute Gasteiger partial charge is 0.162 e. The maximum Gasteiger partial charge on any atom is 0.162 e. The fraction of sp³-hybridized carbons (Fsp3) is 0. The molecule has 2 aromatic rings. The van der Waals surface area contributed by atoms with Gasteiger partial charge in [0, 0.05) is 11.4 Å². The van der Waals surface area contributed by atoms with Crippen LogP contribution in [0, 0.1) is 0 Å². The van der Waals surface area contributed by atoms with Crippen molar-refractivity contribution >= 4 is 46.0 Å². The van der Waals surface area contributed by atoms with Crippen molar-refractivity contribution in [3.05, 3.63) is 40.4 Å². The number of phenolic OH excluding ortho intramolecular Hbond substituents is 1. The van der Waals surface area contributed by atoms with E-state index in [2.05, 4.69) is 5.32 Å². The molecule has 2 rings (SSSR count). The number of nitrogens with one attached hydrogen (secondary N) is 1. The molecule has 0 aromatic heterocycles. The van der Waals surface area contributed by atoms with Crippen LogP contribution in [-0.4, -0.2) is 5.11 Å². The Hall–Kier alpha value is -1.78. The second kappa shape index (κ2) is 4.84. The first kappa shape index (κ1) is 12.7. The Labute approximate surface area is 114 Å². The van der Waals surface area contributed by atoms with Gasteiger partial charge in [0.2, 0.25) is 0 Å². The topological polar surface area (TPSA) is 84.3 Å². The summed E-state index contributed by atoms with van der Waals surface area (Å²) in [5, 5.41) is 13.6. The monoisotopic (exact) mass is 283 g/mol. The zero-order valence-corrected chi connectivity index (χ0v) is 10.8. The Bertz CT molecular complexity index is 602. The summed E-state index contributed by atoms with van der Waals surface area (Å²) in [6.07, 6.45) is 0. The number of rotatable bonds is 2. The minimum absolute atomic E-state index is 0.0599. The molecule has 0 aliphatic rings. The van der Waals surface area contributed by atoms with Crippen molar-refractivity contribution in [3.63, 3.8) is 0 Å². The predicted molar refractivity (Wildman–Crippen MR) is 76.7 cm³/mol. The predicted octanol–water partition coefficient (Wildman–Crippen LogP) is 3.61. The van der Waals surface area contributed by atoms with Gasteiger partial charge < -0.3 is 21.9 Å². The Morgan fingerprint density at radius 1 is 1.00 bits per heavy atom. The van der Waals surface area contributed by atoms with Crippen molar-refractivity contribution < 1.29 is 5.11 Å². The lowest BCUT2D eigenvalue weighted by Gasteiger charge is -2.11. The lowest BCUT2D eigenvalue weighted by molar-refractivity contribution is 0.480. The van der Waals surface area contributed by atoms with Crippen molar-refractivity contribution in [2.45, 2.75) is 0 Å². The average Bonchev–Trinajstić information content (AvgIpc) is 2.30. The van der Waals surface area contributed by atoms with Gasteiger partial charge in [-0.3, -0.25) is 0 Å². The molecule has 0 saturated carbocycles. The minimum atomic E-state index is -0.0599. The summed E-state index contributed by atoms with van der Waals surface area (Å²) in [4.78, 5) is 0. The highest BCUT2D eigenvalue weighted by atomic mass is 35.5. The average molecular weight is 284 g/mol. The van der Waals surface area contributed by atoms with Crippen molar-refractivity contribution in [1.29, 1.82) is 0 Å². The Morgan fingerprint density at radius 2 is 1.72 bits per heavy atom. The summed E-state index contributed by atoms with van der Waals surface area (Å²) in [6, 6.07) is 8.08. The molecule has 2 aromatic carbocycles. The number of phenols is 1. The first-order chi connectivity index (χ1) is 8.47. The molecule has 0 atom stereocenters. The lowest BCUT2D eigenvalue weighted by atomic mass is 10.2. The standard InChI is InChI=1S/C12H11Cl2N3O/c13-8-2-1-7(5-9(8)14)17-11-4-6(15)3-10(16)12(11)18/h1-5,17-18H,15-16H2. The third kappa shape index (κ3) is 2.55. The number of hydrogen-bond donors (Lipinski definition) is 4. The summed E-state index contributed by atoms with van der Waals surface area (Å²) >= 11 is 11.7. The molecule has 18 heavy (non-hydrogen) atoms. The molecule has 4 nitrogen and oxygen atoms in total. The summed E-state index contributed by atoms with van der Waals surface area (Å²) in [6.45, 7) is 0. The zero-order chi connectivity index (χ0) is 13.3. The molecular weight excluding hydrogens is 273 g/mol. The van der Waals surface area contributed by atoms with Crippen molar-refractivity contribution in [2.24, 2.45) is 0 Å². The molecule has 6 N–H and O–H groups in total. The van der Waals surface area contributed by atoms with Gasteiger partial charge in [0.25, 0.3) is 0 Å². The molecule has 0 aliphatic carbocycles. The third-order valence-corrected chi connectivity index (χ3v) is 3.10. The van der Waals surface area contributed by atoms with E-state index < -0.39 is 0 Å². The number of aromatic hydroxyl groups is 1. The number of anilines is 4. The van der Waals surface area contributed by atoms with Crippen LogP contribution in [-0.2, 0) is 0 Å². The van der Waals surface area contributed by atoms with Crippen LogP contribution in [0.1, 0.15) is 0 Å². The van der Waals surface area contributed by atoms with E-state index in [1.807, 2.05) is 0 Å². The summed E-state index contributed by atoms with van der Waals surface area (Å²) in [5.74, 6) is -0.0599. The van der Waals surface area contributed by atoms with Crippen LogP contribution in [0.25, 0.3) is 0 Å². The second-order valence-corrected chi connectivity index (χ2v) is 4.57. The van der Waals surface area contributed by atoms with Crippen LogP contribution in [0.2, 0.25) is 10.0 Å². The molecule has 0 radical (unpaired) electrons. The van der Waals surface area contributed by atoms with Gasteiger partial charge in [-0.05, 0) is 30.3 Å². The number of hydrogen-bond acceptors (Lipinski definition) is 4. The molecule has 0 fully saturated rings. The molecule has 0 saturated heterocycles. The van der Waals surface area contributed by atoms with E-state index in [-0.39, 0.29) is 11.4 Å². The highest BCUT2D eigenvalue weighted by Crippen LogP contribution is 2.35. The van der Waals surface area contributed by atoms with E-state index in [0.717, 1.165) is 0 Å². The summed E-state index contributed by atoms with van der Waals surface area (Å²) in [5.41, 5.74) is 13.0. The number of nitrogens with two attached hydrogens (primary N) is 2. The lowest BCUT2D eigenvalue weighted by Crippen LogP contribution is -1.96. The molecule has 0 unspecified atom stereocenters. The molecule has 0 heterocycles. The molecule has 0 aliphatic heterocycles. The van der Waals surface area contributed by atoms with E-state index in [1.54, 1.807) is 24.3 Å². The van der Waals surface area contributed by atoms with Gasteiger partial charge in [0.05, 0.1) is 21.4 Å². The summed E-state index contributed by atoms with van der Waals surface area (Å²) in [7, 11) is 0. The highest BCUT2D eigenvalue weighted by molar-refractivity contribution is 6.42. The van der Waals surface area contributed by atoms with E-state index in [9.17, 15) is 5.11 Å². The van der Waals surface area contributed by atoms with Crippen molar-refractivity contribution in [3.8, 4) is 5.75 Å². The Balaban J connectivity index is 2.36. The quantitative estimate of drug-likeness (QED) is 0.385. The number of benzene rings is 2. The van der Waals surface area contributed by atoms with E-state index in [4.69, 9.17) is 34.7 Å². The largest absolute Gasteiger partial charge is 0.504 e. The van der Waals surface area contributed by atoms with Gasteiger partial charge in [0.1, 0.15) is 0 Å². The minimum Gasteiger partial charge on any atom is -0.504 e. The molecule has 94 valence electrons. The Kier molecular flexibility index (Phi) is 3.41. The van der Waals surface area contributed by atoms with Crippen LogP contribution >= 0.6 is 23.2 Å². The fourth-order valence-electron chi connectivity index (χ4n) is 1.50. The molecule has 0 spiro atoms. The number of halogens is 2. The van der Waals surface area contributed by atoms with Crippen molar-refractivity contribution in [1.82, 2.24) is 0 Å². The van der Waals surface area contributed by atoms with Gasteiger partial charge >= 0.3 is 0 Å². The first-order valence-electron chi connectivity index (χ1n) is 5.07. The second-order valence-electron chi connectivity index (χ2n) is 3.76. The normalized spacial score (nSPS) is 10.3.